The molecule has 2 aromatic rings. The van der Waals surface area contributed by atoms with Crippen LogP contribution in [-0.4, -0.2) is 47.0 Å². The zero-order valence-electron chi connectivity index (χ0n) is 14.8. The van der Waals surface area contributed by atoms with Gasteiger partial charge in [-0.15, -0.1) is 11.3 Å². The van der Waals surface area contributed by atoms with Gasteiger partial charge in [0.25, 0.3) is 0 Å². The summed E-state index contributed by atoms with van der Waals surface area (Å²) in [6.07, 6.45) is 9.14. The number of rotatable bonds is 6. The molecule has 0 aliphatic carbocycles. The van der Waals surface area contributed by atoms with Crippen LogP contribution < -0.4 is 0 Å². The van der Waals surface area contributed by atoms with E-state index < -0.39 is 10.0 Å². The van der Waals surface area contributed by atoms with Gasteiger partial charge in [0.1, 0.15) is 5.69 Å². The molecule has 6 nitrogen and oxygen atoms in total. The van der Waals surface area contributed by atoms with Crippen LogP contribution in [0.3, 0.4) is 0 Å². The molecule has 0 unspecified atom stereocenters. The van der Waals surface area contributed by atoms with Gasteiger partial charge >= 0.3 is 0 Å². The second-order valence-corrected chi connectivity index (χ2v) is 10.1. The Morgan fingerprint density at radius 1 is 1.28 bits per heavy atom. The molecule has 1 aliphatic rings. The summed E-state index contributed by atoms with van der Waals surface area (Å²) in [4.78, 5) is 14.6. The van der Waals surface area contributed by atoms with Crippen molar-refractivity contribution in [2.24, 2.45) is 11.8 Å². The van der Waals surface area contributed by atoms with Gasteiger partial charge in [0.2, 0.25) is 10.0 Å². The van der Waals surface area contributed by atoms with Gasteiger partial charge in [-0.05, 0) is 24.7 Å². The molecule has 136 valence electrons. The lowest BCUT2D eigenvalue weighted by Crippen LogP contribution is -2.27. The van der Waals surface area contributed by atoms with E-state index in [2.05, 4.69) is 28.8 Å². The summed E-state index contributed by atoms with van der Waals surface area (Å²) >= 11 is 1.67. The van der Waals surface area contributed by atoms with E-state index in [1.807, 2.05) is 6.20 Å². The normalized spacial score (nSPS) is 19.0. The predicted octanol–water partition coefficient (Wildman–Crippen LogP) is 2.62. The molecule has 3 rings (SSSR count). The summed E-state index contributed by atoms with van der Waals surface area (Å²) in [7, 11) is -3.11. The third kappa shape index (κ3) is 4.62. The molecule has 0 spiro atoms. The largest absolute Gasteiger partial charge is 0.257 e. The van der Waals surface area contributed by atoms with Crippen molar-refractivity contribution >= 4 is 21.4 Å². The van der Waals surface area contributed by atoms with E-state index in [0.717, 1.165) is 40.5 Å². The molecule has 0 N–H and O–H groups in total. The Kier molecular flexibility index (Phi) is 5.50. The first kappa shape index (κ1) is 18.4. The van der Waals surface area contributed by atoms with Crippen LogP contribution in [0.2, 0.25) is 0 Å². The zero-order chi connectivity index (χ0) is 18.0. The molecule has 1 fully saturated rings. The van der Waals surface area contributed by atoms with Crippen LogP contribution in [0.5, 0.6) is 0 Å². The number of thiazole rings is 1. The van der Waals surface area contributed by atoms with Crippen molar-refractivity contribution < 1.29 is 8.42 Å². The van der Waals surface area contributed by atoms with Crippen molar-refractivity contribution in [1.29, 1.82) is 0 Å². The summed E-state index contributed by atoms with van der Waals surface area (Å²) in [6.45, 7) is 5.53. The Morgan fingerprint density at radius 3 is 2.72 bits per heavy atom. The van der Waals surface area contributed by atoms with E-state index in [1.54, 1.807) is 28.0 Å². The Morgan fingerprint density at radius 2 is 2.04 bits per heavy atom. The summed E-state index contributed by atoms with van der Waals surface area (Å²) < 4.78 is 25.0. The summed E-state index contributed by atoms with van der Waals surface area (Å²) in [5.74, 6) is 0.856. The van der Waals surface area contributed by atoms with Crippen LogP contribution in [0, 0.1) is 11.8 Å². The average molecular weight is 381 g/mol. The topological polar surface area (TPSA) is 76.1 Å². The quantitative estimate of drug-likeness (QED) is 0.770. The highest BCUT2D eigenvalue weighted by Crippen LogP contribution is 2.30. The number of hydrogen-bond acceptors (Lipinski definition) is 6. The van der Waals surface area contributed by atoms with Gasteiger partial charge in [0.15, 0.2) is 0 Å². The van der Waals surface area contributed by atoms with Crippen LogP contribution in [0.25, 0.3) is 10.6 Å². The maximum absolute atomic E-state index is 11.7. The van der Waals surface area contributed by atoms with Crippen LogP contribution >= 0.6 is 11.3 Å². The SMILES string of the molecule is CC(C)Cc1ncc(-c2nccnc2C[C@H]2CCN(S(C)(=O)=O)C2)s1. The molecule has 1 saturated heterocycles. The van der Waals surface area contributed by atoms with Crippen molar-refractivity contribution in [2.75, 3.05) is 19.3 Å². The highest BCUT2D eigenvalue weighted by molar-refractivity contribution is 7.88. The Labute approximate surface area is 153 Å². The molecular weight excluding hydrogens is 356 g/mol. The Bertz CT molecular complexity index is 833. The third-order valence-electron chi connectivity index (χ3n) is 4.34. The van der Waals surface area contributed by atoms with Crippen LogP contribution in [0.1, 0.15) is 31.0 Å². The first-order chi connectivity index (χ1) is 11.8. The molecule has 0 saturated carbocycles. The molecule has 0 amide bonds. The van der Waals surface area contributed by atoms with Gasteiger partial charge < -0.3 is 0 Å². The van der Waals surface area contributed by atoms with Crippen LogP contribution in [0.4, 0.5) is 0 Å². The van der Waals surface area contributed by atoms with Gasteiger partial charge in [-0.2, -0.15) is 0 Å². The molecule has 3 heterocycles. The molecule has 8 heteroatoms. The van der Waals surface area contributed by atoms with E-state index in [1.165, 1.54) is 6.26 Å². The minimum Gasteiger partial charge on any atom is -0.257 e. The van der Waals surface area contributed by atoms with Crippen LogP contribution in [0.15, 0.2) is 18.6 Å². The third-order valence-corrected chi connectivity index (χ3v) is 6.64. The zero-order valence-corrected chi connectivity index (χ0v) is 16.5. The van der Waals surface area contributed by atoms with Crippen molar-refractivity contribution in [1.82, 2.24) is 19.3 Å². The summed E-state index contributed by atoms with van der Waals surface area (Å²) in [6, 6.07) is 0. The maximum atomic E-state index is 11.7. The van der Waals surface area contributed by atoms with E-state index in [0.29, 0.717) is 19.0 Å². The molecule has 0 bridgehead atoms. The van der Waals surface area contributed by atoms with Crippen molar-refractivity contribution in [3.63, 3.8) is 0 Å². The molecule has 1 aliphatic heterocycles. The number of sulfonamides is 1. The fourth-order valence-corrected chi connectivity index (χ4v) is 5.19. The van der Waals surface area contributed by atoms with Gasteiger partial charge in [-0.1, -0.05) is 13.8 Å². The standard InChI is InChI=1S/C17H24N4O2S2/c1-12(2)8-16-20-10-15(24-16)17-14(18-5-6-19-17)9-13-4-7-21(11-13)25(3,22)23/h5-6,10,12-13H,4,7-9,11H2,1-3H3/t13-/m1/s1. The van der Waals surface area contributed by atoms with Crippen molar-refractivity contribution in [3.8, 4) is 10.6 Å². The molecule has 2 aromatic heterocycles. The summed E-state index contributed by atoms with van der Waals surface area (Å²) in [5, 5.41) is 1.12. The van der Waals surface area contributed by atoms with Crippen molar-refractivity contribution in [3.05, 3.63) is 29.3 Å². The smallest absolute Gasteiger partial charge is 0.211 e. The lowest BCUT2D eigenvalue weighted by Gasteiger charge is -2.13. The Balaban J connectivity index is 1.77. The monoisotopic (exact) mass is 380 g/mol. The molecule has 0 aromatic carbocycles. The highest BCUT2D eigenvalue weighted by atomic mass is 32.2. The van der Waals surface area contributed by atoms with E-state index >= 15 is 0 Å². The first-order valence-corrected chi connectivity index (χ1v) is 11.2. The van der Waals surface area contributed by atoms with Gasteiger partial charge in [0, 0.05) is 38.1 Å². The lowest BCUT2D eigenvalue weighted by molar-refractivity contribution is 0.459. The van der Waals surface area contributed by atoms with Gasteiger partial charge in [-0.3, -0.25) is 9.97 Å². The summed E-state index contributed by atoms with van der Waals surface area (Å²) in [5.41, 5.74) is 1.82. The van der Waals surface area contributed by atoms with Gasteiger partial charge in [0.05, 0.1) is 21.8 Å². The van der Waals surface area contributed by atoms with Crippen LogP contribution in [-0.2, 0) is 22.9 Å². The minimum atomic E-state index is -3.11. The second-order valence-electron chi connectivity index (χ2n) is 7.05. The Hall–Kier alpha value is -1.38. The molecule has 25 heavy (non-hydrogen) atoms. The minimum absolute atomic E-state index is 0.285. The maximum Gasteiger partial charge on any atom is 0.211 e. The fourth-order valence-electron chi connectivity index (χ4n) is 3.12. The van der Waals surface area contributed by atoms with E-state index in [4.69, 9.17) is 0 Å². The number of nitrogens with zero attached hydrogens (tertiary/aromatic N) is 4. The van der Waals surface area contributed by atoms with Gasteiger partial charge in [-0.25, -0.2) is 17.7 Å². The van der Waals surface area contributed by atoms with E-state index in [-0.39, 0.29) is 5.92 Å². The van der Waals surface area contributed by atoms with E-state index in [9.17, 15) is 8.42 Å². The fraction of sp³-hybridized carbons (Fsp3) is 0.588. The van der Waals surface area contributed by atoms with Crippen molar-refractivity contribution in [2.45, 2.75) is 33.1 Å². The highest BCUT2D eigenvalue weighted by Gasteiger charge is 2.29. The lowest BCUT2D eigenvalue weighted by atomic mass is 10.0. The number of hydrogen-bond donors (Lipinski definition) is 0. The average Bonchev–Trinajstić information content (AvgIpc) is 3.16. The predicted molar refractivity (Wildman–Crippen MR) is 99.9 cm³/mol. The first-order valence-electron chi connectivity index (χ1n) is 8.53. The molecule has 0 radical (unpaired) electrons. The molecular formula is C17H24N4O2S2. The second kappa shape index (κ2) is 7.47. The number of aromatic nitrogens is 3. The molecule has 1 atom stereocenters.